The van der Waals surface area contributed by atoms with Gasteiger partial charge in [0, 0.05) is 24.8 Å². The topological polar surface area (TPSA) is 72.0 Å². The lowest BCUT2D eigenvalue weighted by Crippen LogP contribution is -2.60. The number of nitrogens with zero attached hydrogens (tertiary/aromatic N) is 3. The molecule has 1 saturated heterocycles. The molecule has 0 aliphatic carbocycles. The smallest absolute Gasteiger partial charge is 0.410 e. The van der Waals surface area contributed by atoms with Crippen molar-refractivity contribution in [2.45, 2.75) is 58.9 Å². The molecule has 2 amide bonds. The minimum atomic E-state index is -0.549. The Kier molecular flexibility index (Phi) is 6.34. The van der Waals surface area contributed by atoms with Gasteiger partial charge in [0.05, 0.1) is 12.1 Å². The Balaban J connectivity index is 1.93. The molecular formula is C18H26ClN3O4. The van der Waals surface area contributed by atoms with Gasteiger partial charge in [-0.3, -0.25) is 4.90 Å². The fourth-order valence-corrected chi connectivity index (χ4v) is 2.98. The fraction of sp³-hybridized carbons (Fsp3) is 0.611. The zero-order chi connectivity index (χ0) is 19.5. The van der Waals surface area contributed by atoms with Crippen LogP contribution >= 0.6 is 11.6 Å². The van der Waals surface area contributed by atoms with Gasteiger partial charge in [0.2, 0.25) is 0 Å². The molecule has 8 heteroatoms. The van der Waals surface area contributed by atoms with Gasteiger partial charge in [-0.05, 0) is 40.7 Å². The third kappa shape index (κ3) is 5.49. The quantitative estimate of drug-likeness (QED) is 0.728. The Morgan fingerprint density at radius 2 is 1.81 bits per heavy atom. The van der Waals surface area contributed by atoms with E-state index in [4.69, 9.17) is 21.1 Å². The Hall–Kier alpha value is -2.02. The summed E-state index contributed by atoms with van der Waals surface area (Å²) < 4.78 is 10.8. The molecule has 2 heterocycles. The summed E-state index contributed by atoms with van der Waals surface area (Å²) in [5, 5.41) is 0.389. The number of amides is 2. The number of rotatable bonds is 2. The number of halogens is 1. The van der Waals surface area contributed by atoms with Gasteiger partial charge in [0.15, 0.2) is 0 Å². The number of piperazine rings is 1. The monoisotopic (exact) mass is 383 g/mol. The normalized spacial score (nSPS) is 20.7. The largest absolute Gasteiger partial charge is 0.444 e. The standard InChI is InChI=1S/C18H26ClN3O4/c1-12-9-21(16(23)26-18(3,4)5)10-13(2)22(12)17(24)25-11-14-6-7-15(19)20-8-14/h6-8,12-13H,9-11H2,1-5H3/t12-,13+. The molecule has 0 spiro atoms. The van der Waals surface area contributed by atoms with Crippen LogP contribution in [0.25, 0.3) is 0 Å². The molecule has 0 N–H and O–H groups in total. The maximum Gasteiger partial charge on any atom is 0.410 e. The number of hydrogen-bond acceptors (Lipinski definition) is 5. The second kappa shape index (κ2) is 8.12. The van der Waals surface area contributed by atoms with Gasteiger partial charge >= 0.3 is 12.2 Å². The average Bonchev–Trinajstić information content (AvgIpc) is 2.52. The zero-order valence-electron chi connectivity index (χ0n) is 15.9. The molecule has 0 unspecified atom stereocenters. The van der Waals surface area contributed by atoms with Crippen molar-refractivity contribution in [3.8, 4) is 0 Å². The second-order valence-corrected chi connectivity index (χ2v) is 7.92. The van der Waals surface area contributed by atoms with Crippen molar-refractivity contribution in [1.82, 2.24) is 14.8 Å². The van der Waals surface area contributed by atoms with Crippen molar-refractivity contribution in [2.24, 2.45) is 0 Å². The molecule has 1 aliphatic rings. The van der Waals surface area contributed by atoms with E-state index in [1.54, 1.807) is 28.1 Å². The van der Waals surface area contributed by atoms with E-state index < -0.39 is 11.7 Å². The van der Waals surface area contributed by atoms with Crippen LogP contribution in [-0.4, -0.2) is 57.7 Å². The summed E-state index contributed by atoms with van der Waals surface area (Å²) in [5.41, 5.74) is 0.210. The van der Waals surface area contributed by atoms with Crippen LogP contribution in [0.2, 0.25) is 5.15 Å². The third-order valence-corrected chi connectivity index (χ3v) is 4.16. The molecule has 26 heavy (non-hydrogen) atoms. The molecule has 0 saturated carbocycles. The van der Waals surface area contributed by atoms with Gasteiger partial charge in [0.1, 0.15) is 17.4 Å². The highest BCUT2D eigenvalue weighted by molar-refractivity contribution is 6.29. The summed E-state index contributed by atoms with van der Waals surface area (Å²) in [6.45, 7) is 10.2. The fourth-order valence-electron chi connectivity index (χ4n) is 2.87. The van der Waals surface area contributed by atoms with Crippen molar-refractivity contribution in [1.29, 1.82) is 0 Å². The molecular weight excluding hydrogens is 358 g/mol. The van der Waals surface area contributed by atoms with Gasteiger partial charge in [-0.1, -0.05) is 17.7 Å². The molecule has 1 aliphatic heterocycles. The summed E-state index contributed by atoms with van der Waals surface area (Å²) in [7, 11) is 0. The Labute approximate surface area is 159 Å². The lowest BCUT2D eigenvalue weighted by atomic mass is 10.1. The lowest BCUT2D eigenvalue weighted by molar-refractivity contribution is -0.00973. The Bertz CT molecular complexity index is 633. The second-order valence-electron chi connectivity index (χ2n) is 7.53. The van der Waals surface area contributed by atoms with Crippen molar-refractivity contribution in [2.75, 3.05) is 13.1 Å². The van der Waals surface area contributed by atoms with Crippen LogP contribution < -0.4 is 0 Å². The van der Waals surface area contributed by atoms with Crippen LogP contribution in [0.5, 0.6) is 0 Å². The first-order chi connectivity index (χ1) is 12.1. The first-order valence-corrected chi connectivity index (χ1v) is 8.98. The van der Waals surface area contributed by atoms with Gasteiger partial charge < -0.3 is 14.4 Å². The Morgan fingerprint density at radius 3 is 2.31 bits per heavy atom. The summed E-state index contributed by atoms with van der Waals surface area (Å²) in [6.07, 6.45) is 0.795. The van der Waals surface area contributed by atoms with E-state index >= 15 is 0 Å². The van der Waals surface area contributed by atoms with Crippen LogP contribution in [0, 0.1) is 0 Å². The predicted molar refractivity (Wildman–Crippen MR) is 98.0 cm³/mol. The van der Waals surface area contributed by atoms with Gasteiger partial charge in [-0.25, -0.2) is 14.6 Å². The molecule has 7 nitrogen and oxygen atoms in total. The predicted octanol–water partition coefficient (Wildman–Crippen LogP) is 3.70. The van der Waals surface area contributed by atoms with E-state index in [9.17, 15) is 9.59 Å². The van der Waals surface area contributed by atoms with E-state index in [-0.39, 0.29) is 24.8 Å². The molecule has 2 atom stereocenters. The van der Waals surface area contributed by atoms with Crippen molar-refractivity contribution >= 4 is 23.8 Å². The van der Waals surface area contributed by atoms with Crippen LogP contribution in [0.15, 0.2) is 18.3 Å². The third-order valence-electron chi connectivity index (χ3n) is 3.93. The number of ether oxygens (including phenoxy) is 2. The van der Waals surface area contributed by atoms with E-state index in [0.29, 0.717) is 18.2 Å². The highest BCUT2D eigenvalue weighted by Crippen LogP contribution is 2.20. The number of carbonyl (C=O) groups is 2. The lowest BCUT2D eigenvalue weighted by Gasteiger charge is -2.43. The van der Waals surface area contributed by atoms with Crippen molar-refractivity contribution < 1.29 is 19.1 Å². The molecule has 0 bridgehead atoms. The summed E-state index contributed by atoms with van der Waals surface area (Å²) in [6, 6.07) is 3.05. The van der Waals surface area contributed by atoms with E-state index in [1.165, 1.54) is 0 Å². The SMILES string of the molecule is C[C@@H]1CN(C(=O)OC(C)(C)C)C[C@H](C)N1C(=O)OCc1ccc(Cl)nc1. The van der Waals surface area contributed by atoms with E-state index in [1.807, 2.05) is 34.6 Å². The van der Waals surface area contributed by atoms with Crippen molar-refractivity contribution in [3.05, 3.63) is 29.0 Å². The zero-order valence-corrected chi connectivity index (χ0v) is 16.6. The van der Waals surface area contributed by atoms with Crippen LogP contribution in [0.1, 0.15) is 40.2 Å². The maximum absolute atomic E-state index is 12.5. The molecule has 0 radical (unpaired) electrons. The molecule has 1 aromatic heterocycles. The average molecular weight is 384 g/mol. The first-order valence-electron chi connectivity index (χ1n) is 8.60. The molecule has 2 rings (SSSR count). The first kappa shape index (κ1) is 20.3. The molecule has 1 aromatic rings. The van der Waals surface area contributed by atoms with E-state index in [0.717, 1.165) is 5.56 Å². The number of pyridine rings is 1. The van der Waals surface area contributed by atoms with Gasteiger partial charge in [0.25, 0.3) is 0 Å². The highest BCUT2D eigenvalue weighted by Gasteiger charge is 2.37. The van der Waals surface area contributed by atoms with Crippen LogP contribution in [0.4, 0.5) is 9.59 Å². The summed E-state index contributed by atoms with van der Waals surface area (Å²) in [4.78, 5) is 32.0. The van der Waals surface area contributed by atoms with Gasteiger partial charge in [-0.2, -0.15) is 0 Å². The van der Waals surface area contributed by atoms with Gasteiger partial charge in [-0.15, -0.1) is 0 Å². The van der Waals surface area contributed by atoms with Crippen molar-refractivity contribution in [3.63, 3.8) is 0 Å². The summed E-state index contributed by atoms with van der Waals surface area (Å²) in [5.74, 6) is 0. The maximum atomic E-state index is 12.5. The molecule has 0 aromatic carbocycles. The Morgan fingerprint density at radius 1 is 1.19 bits per heavy atom. The van der Waals surface area contributed by atoms with E-state index in [2.05, 4.69) is 4.98 Å². The highest BCUT2D eigenvalue weighted by atomic mass is 35.5. The molecule has 144 valence electrons. The van der Waals surface area contributed by atoms with Crippen LogP contribution in [-0.2, 0) is 16.1 Å². The minimum Gasteiger partial charge on any atom is -0.444 e. The summed E-state index contributed by atoms with van der Waals surface area (Å²) >= 11 is 5.74. The number of hydrogen-bond donors (Lipinski definition) is 0. The van der Waals surface area contributed by atoms with Crippen LogP contribution in [0.3, 0.4) is 0 Å². The molecule has 1 fully saturated rings. The number of carbonyl (C=O) groups excluding carboxylic acids is 2. The number of aromatic nitrogens is 1. The minimum absolute atomic E-state index is 0.120.